The van der Waals surface area contributed by atoms with E-state index in [-0.39, 0.29) is 20.0 Å². The fourth-order valence-corrected chi connectivity index (χ4v) is 5.09. The van der Waals surface area contributed by atoms with Crippen molar-refractivity contribution in [2.45, 2.75) is 16.0 Å². The van der Waals surface area contributed by atoms with Crippen LogP contribution < -0.4 is 4.72 Å². The number of amides is 1. The van der Waals surface area contributed by atoms with Gasteiger partial charge in [0.15, 0.2) is 0 Å². The molecule has 0 saturated heterocycles. The molecule has 2 N–H and O–H groups in total. The molecule has 0 bridgehead atoms. The van der Waals surface area contributed by atoms with Gasteiger partial charge in [0, 0.05) is 19.0 Å². The minimum absolute atomic E-state index is 0.0224. The topological polar surface area (TPSA) is 104 Å². The molecule has 1 amide bonds. The number of anilines is 1. The van der Waals surface area contributed by atoms with Crippen LogP contribution in [0, 0.1) is 6.92 Å². The van der Waals surface area contributed by atoms with Crippen molar-refractivity contribution in [1.29, 1.82) is 0 Å². The molecule has 2 aromatic rings. The second-order valence-corrected chi connectivity index (χ2v) is 9.20. The molecule has 10 heteroatoms. The van der Waals surface area contributed by atoms with Gasteiger partial charge in [0.1, 0.15) is 9.09 Å². The Balaban J connectivity index is 2.34. The van der Waals surface area contributed by atoms with Crippen LogP contribution in [-0.4, -0.2) is 43.7 Å². The summed E-state index contributed by atoms with van der Waals surface area (Å²) in [6.45, 7) is 1.54. The van der Waals surface area contributed by atoms with E-state index < -0.39 is 16.0 Å². The summed E-state index contributed by atoms with van der Waals surface area (Å²) in [5.74, 6) is -1.17. The molecule has 0 aliphatic heterocycles. The van der Waals surface area contributed by atoms with E-state index in [1.165, 1.54) is 11.0 Å². The fraction of sp³-hybridized carbons (Fsp3) is 0.200. The average molecular weight is 401 g/mol. The number of nitrogens with zero attached hydrogens (tertiary/aromatic N) is 1. The van der Waals surface area contributed by atoms with Gasteiger partial charge in [0.2, 0.25) is 0 Å². The number of rotatable bonds is 5. The number of para-hydroxylation sites is 1. The van der Waals surface area contributed by atoms with Crippen molar-refractivity contribution in [3.8, 4) is 0 Å². The van der Waals surface area contributed by atoms with Crippen molar-refractivity contribution in [1.82, 2.24) is 4.90 Å². The lowest BCUT2D eigenvalue weighted by Crippen LogP contribution is -2.17. The van der Waals surface area contributed by atoms with Gasteiger partial charge in [-0.05, 0) is 42.4 Å². The quantitative estimate of drug-likeness (QED) is 0.746. The fourth-order valence-electron chi connectivity index (χ4n) is 1.82. The molecule has 0 saturated carbocycles. The zero-order valence-electron chi connectivity index (χ0n) is 13.6. The second kappa shape index (κ2) is 7.46. The van der Waals surface area contributed by atoms with E-state index in [1.807, 2.05) is 0 Å². The zero-order chi connectivity index (χ0) is 18.8. The summed E-state index contributed by atoms with van der Waals surface area (Å²) in [5, 5.41) is 8.84. The van der Waals surface area contributed by atoms with Gasteiger partial charge in [-0.3, -0.25) is 9.52 Å². The van der Waals surface area contributed by atoms with Crippen molar-refractivity contribution in [3.05, 3.63) is 40.8 Å². The summed E-state index contributed by atoms with van der Waals surface area (Å²) < 4.78 is 27.5. The van der Waals surface area contributed by atoms with Crippen molar-refractivity contribution < 1.29 is 23.1 Å². The van der Waals surface area contributed by atoms with E-state index in [2.05, 4.69) is 4.72 Å². The van der Waals surface area contributed by atoms with E-state index >= 15 is 0 Å². The third-order valence-corrected chi connectivity index (χ3v) is 7.23. The highest BCUT2D eigenvalue weighted by atomic mass is 32.2. The molecular weight excluding hydrogens is 384 g/mol. The number of hydrogen-bond donors (Lipinski definition) is 2. The molecule has 0 unspecified atom stereocenters. The molecule has 0 fully saturated rings. The van der Waals surface area contributed by atoms with Gasteiger partial charge < -0.3 is 10.0 Å². The summed E-state index contributed by atoms with van der Waals surface area (Å²) in [6, 6.07) is 7.83. The summed E-state index contributed by atoms with van der Waals surface area (Å²) in [4.78, 5) is 24.8. The summed E-state index contributed by atoms with van der Waals surface area (Å²) >= 11 is 1.58. The molecule has 1 heterocycles. The van der Waals surface area contributed by atoms with Gasteiger partial charge in [-0.25, -0.2) is 13.2 Å². The van der Waals surface area contributed by atoms with Gasteiger partial charge in [0.25, 0.3) is 15.3 Å². The van der Waals surface area contributed by atoms with Crippen LogP contribution in [0.25, 0.3) is 0 Å². The highest BCUT2D eigenvalue weighted by molar-refractivity contribution is 8.13. The smallest absolute Gasteiger partial charge is 0.346 e. The van der Waals surface area contributed by atoms with Gasteiger partial charge in [-0.15, -0.1) is 11.3 Å². The predicted molar refractivity (Wildman–Crippen MR) is 98.2 cm³/mol. The Morgan fingerprint density at radius 1 is 1.24 bits per heavy atom. The van der Waals surface area contributed by atoms with Crippen LogP contribution in [0.2, 0.25) is 0 Å². The number of sulfonamides is 1. The lowest BCUT2D eigenvalue weighted by molar-refractivity contribution is 0.0701. The molecule has 0 atom stereocenters. The van der Waals surface area contributed by atoms with Gasteiger partial charge >= 0.3 is 5.97 Å². The minimum Gasteiger partial charge on any atom is -0.477 e. The number of aromatic carboxylic acids is 1. The molecular formula is C15H16N2O5S3. The predicted octanol–water partition coefficient (Wildman–Crippen LogP) is 3.33. The number of carbonyl (C=O) groups excluding carboxylic acids is 1. The van der Waals surface area contributed by atoms with Crippen molar-refractivity contribution in [2.75, 3.05) is 18.8 Å². The minimum atomic E-state index is -3.96. The normalized spacial score (nSPS) is 11.2. The Labute approximate surface area is 153 Å². The molecule has 7 nitrogen and oxygen atoms in total. The lowest BCUT2D eigenvalue weighted by atomic mass is 10.3. The molecule has 2 rings (SSSR count). The number of aryl methyl sites for hydroxylation is 1. The van der Waals surface area contributed by atoms with Gasteiger partial charge in [-0.2, -0.15) is 0 Å². The number of thioether (sulfide) groups is 1. The molecule has 134 valence electrons. The lowest BCUT2D eigenvalue weighted by Gasteiger charge is -2.13. The van der Waals surface area contributed by atoms with Crippen LogP contribution in [-0.2, 0) is 10.0 Å². The number of carboxylic acids is 1. The second-order valence-electron chi connectivity index (χ2n) is 5.25. The third kappa shape index (κ3) is 4.53. The standard InChI is InChI=1S/C15H16N2O5S3/c1-9-8-12(24-13(9)14(18)19)25(21,22)16-10-6-4-5-7-11(10)23-15(20)17(2)3/h4-8,16H,1-3H3,(H,18,19). The summed E-state index contributed by atoms with van der Waals surface area (Å²) in [7, 11) is -0.758. The van der Waals surface area contributed by atoms with Crippen LogP contribution in [0.5, 0.6) is 0 Å². The van der Waals surface area contributed by atoms with E-state index in [1.54, 1.807) is 45.3 Å². The Morgan fingerprint density at radius 3 is 2.44 bits per heavy atom. The zero-order valence-corrected chi connectivity index (χ0v) is 16.1. The SMILES string of the molecule is Cc1cc(S(=O)(=O)Nc2ccccc2SC(=O)N(C)C)sc1C(=O)O. The number of thiophene rings is 1. The molecule has 0 radical (unpaired) electrons. The largest absolute Gasteiger partial charge is 0.477 e. The third-order valence-electron chi connectivity index (χ3n) is 3.05. The summed E-state index contributed by atoms with van der Waals surface area (Å²) in [5.41, 5.74) is 0.633. The molecule has 0 aliphatic carbocycles. The Bertz CT molecular complexity index is 919. The first-order chi connectivity index (χ1) is 11.6. The van der Waals surface area contributed by atoms with E-state index in [4.69, 9.17) is 5.11 Å². The van der Waals surface area contributed by atoms with Gasteiger partial charge in [-0.1, -0.05) is 12.1 Å². The Hall–Kier alpha value is -2.04. The highest BCUT2D eigenvalue weighted by Crippen LogP contribution is 2.32. The Morgan fingerprint density at radius 2 is 1.88 bits per heavy atom. The van der Waals surface area contributed by atoms with Crippen molar-refractivity contribution in [3.63, 3.8) is 0 Å². The van der Waals surface area contributed by atoms with Crippen LogP contribution >= 0.6 is 23.1 Å². The van der Waals surface area contributed by atoms with Crippen LogP contribution in [0.15, 0.2) is 39.4 Å². The average Bonchev–Trinajstić information content (AvgIpc) is 2.92. The first-order valence-corrected chi connectivity index (χ1v) is 10.1. The number of nitrogens with one attached hydrogen (secondary N) is 1. The molecule has 1 aromatic carbocycles. The molecule has 1 aromatic heterocycles. The highest BCUT2D eigenvalue weighted by Gasteiger charge is 2.23. The van der Waals surface area contributed by atoms with E-state index in [0.717, 1.165) is 11.8 Å². The van der Waals surface area contributed by atoms with Crippen molar-refractivity contribution in [2.24, 2.45) is 0 Å². The van der Waals surface area contributed by atoms with E-state index in [0.29, 0.717) is 21.8 Å². The van der Waals surface area contributed by atoms with Crippen molar-refractivity contribution >= 4 is 50.0 Å². The first-order valence-electron chi connectivity index (χ1n) is 6.96. The maximum atomic E-state index is 12.6. The first kappa shape index (κ1) is 19.3. The number of carboxylic acid groups (broad SMARTS) is 1. The van der Waals surface area contributed by atoms with Crippen LogP contribution in [0.3, 0.4) is 0 Å². The van der Waals surface area contributed by atoms with Crippen LogP contribution in [0.1, 0.15) is 15.2 Å². The monoisotopic (exact) mass is 400 g/mol. The maximum absolute atomic E-state index is 12.6. The van der Waals surface area contributed by atoms with Crippen LogP contribution in [0.4, 0.5) is 10.5 Å². The van der Waals surface area contributed by atoms with Gasteiger partial charge in [0.05, 0.1) is 5.69 Å². The molecule has 0 aliphatic rings. The Kier molecular flexibility index (Phi) is 5.76. The number of hydrogen-bond acceptors (Lipinski definition) is 6. The molecule has 25 heavy (non-hydrogen) atoms. The number of benzene rings is 1. The number of carbonyl (C=O) groups is 2. The summed E-state index contributed by atoms with van der Waals surface area (Å²) in [6.07, 6.45) is 0. The van der Waals surface area contributed by atoms with E-state index in [9.17, 15) is 18.0 Å². The maximum Gasteiger partial charge on any atom is 0.346 e. The molecule has 0 spiro atoms.